The normalized spacial score (nSPS) is 14.8. The Morgan fingerprint density at radius 1 is 0.971 bits per heavy atom. The summed E-state index contributed by atoms with van der Waals surface area (Å²) in [6, 6.07) is 22.4. The molecule has 7 heteroatoms. The Kier molecular flexibility index (Phi) is 5.19. The Morgan fingerprint density at radius 3 is 2.53 bits per heavy atom. The van der Waals surface area contributed by atoms with E-state index >= 15 is 0 Å². The van der Waals surface area contributed by atoms with E-state index in [0.29, 0.717) is 11.1 Å². The van der Waals surface area contributed by atoms with E-state index in [1.807, 2.05) is 36.4 Å². The van der Waals surface area contributed by atoms with Gasteiger partial charge < -0.3 is 15.2 Å². The van der Waals surface area contributed by atoms with Crippen LogP contribution in [0.25, 0.3) is 10.8 Å². The lowest BCUT2D eigenvalue weighted by atomic mass is 9.83. The van der Waals surface area contributed by atoms with Gasteiger partial charge in [-0.2, -0.15) is 5.26 Å². The van der Waals surface area contributed by atoms with Gasteiger partial charge in [0.2, 0.25) is 5.88 Å². The molecule has 0 bridgehead atoms. The van der Waals surface area contributed by atoms with Gasteiger partial charge in [0.25, 0.3) is 0 Å². The highest BCUT2D eigenvalue weighted by atomic mass is 19.1. The molecule has 0 aromatic heterocycles. The fraction of sp³-hybridized carbons (Fsp3) is 0.0370. The molecule has 34 heavy (non-hydrogen) atoms. The van der Waals surface area contributed by atoms with Crippen LogP contribution in [0.4, 0.5) is 8.78 Å². The highest BCUT2D eigenvalue weighted by molar-refractivity contribution is 6.05. The summed E-state index contributed by atoms with van der Waals surface area (Å²) in [5, 5.41) is 11.3. The van der Waals surface area contributed by atoms with Crippen molar-refractivity contribution in [1.82, 2.24) is 0 Å². The van der Waals surface area contributed by atoms with Gasteiger partial charge in [-0.05, 0) is 29.0 Å². The van der Waals surface area contributed by atoms with Crippen LogP contribution in [-0.2, 0) is 0 Å². The number of allylic oxidation sites excluding steroid dienone is 1. The first kappa shape index (κ1) is 21.2. The minimum Gasteiger partial charge on any atom is -0.440 e. The van der Waals surface area contributed by atoms with Gasteiger partial charge in [0.05, 0.1) is 11.5 Å². The predicted octanol–water partition coefficient (Wildman–Crippen LogP) is 5.56. The smallest absolute Gasteiger partial charge is 0.344 e. The third kappa shape index (κ3) is 3.61. The standard InChI is InChI=1S/C27H16F2N2O3/c28-16-8-10-20(23(29)12-16)25-21-11-9-17(13-24(21)34-26(31)22(25)14-30)33-27(32)19-7-3-5-15-4-1-2-6-18(15)19/h1-13,25H,31H2. The van der Waals surface area contributed by atoms with Crippen LogP contribution in [0.1, 0.15) is 27.4 Å². The van der Waals surface area contributed by atoms with Crippen molar-refractivity contribution in [2.45, 2.75) is 5.92 Å². The average Bonchev–Trinajstić information content (AvgIpc) is 2.83. The number of esters is 1. The first-order chi connectivity index (χ1) is 16.5. The van der Waals surface area contributed by atoms with Crippen molar-refractivity contribution in [3.63, 3.8) is 0 Å². The van der Waals surface area contributed by atoms with Crippen LogP contribution in [0.5, 0.6) is 11.5 Å². The summed E-state index contributed by atoms with van der Waals surface area (Å²) in [4.78, 5) is 12.9. The summed E-state index contributed by atoms with van der Waals surface area (Å²) in [5.41, 5.74) is 6.85. The summed E-state index contributed by atoms with van der Waals surface area (Å²) in [5.74, 6) is -2.84. The molecule has 1 unspecified atom stereocenters. The van der Waals surface area contributed by atoms with Crippen molar-refractivity contribution in [2.75, 3.05) is 0 Å². The molecule has 1 heterocycles. The Balaban J connectivity index is 1.52. The van der Waals surface area contributed by atoms with E-state index in [1.54, 1.807) is 18.2 Å². The molecule has 1 atom stereocenters. The van der Waals surface area contributed by atoms with Gasteiger partial charge in [0.1, 0.15) is 34.8 Å². The van der Waals surface area contributed by atoms with Crippen LogP contribution < -0.4 is 15.2 Å². The topological polar surface area (TPSA) is 85.3 Å². The molecule has 166 valence electrons. The zero-order chi connectivity index (χ0) is 23.8. The van der Waals surface area contributed by atoms with Crippen molar-refractivity contribution in [3.05, 3.63) is 119 Å². The molecule has 5 rings (SSSR count). The molecule has 5 nitrogen and oxygen atoms in total. The zero-order valence-corrected chi connectivity index (χ0v) is 17.6. The summed E-state index contributed by atoms with van der Waals surface area (Å²) >= 11 is 0. The van der Waals surface area contributed by atoms with E-state index in [1.165, 1.54) is 18.2 Å². The molecule has 1 aliphatic heterocycles. The van der Waals surface area contributed by atoms with Crippen LogP contribution in [0, 0.1) is 23.0 Å². The van der Waals surface area contributed by atoms with Crippen molar-refractivity contribution in [3.8, 4) is 17.6 Å². The number of fused-ring (bicyclic) bond motifs is 2. The maximum absolute atomic E-state index is 14.6. The number of nitrogens with two attached hydrogens (primary N) is 1. The number of hydrogen-bond acceptors (Lipinski definition) is 5. The average molecular weight is 454 g/mol. The molecule has 0 aliphatic carbocycles. The molecule has 4 aromatic rings. The van der Waals surface area contributed by atoms with E-state index in [0.717, 1.165) is 22.9 Å². The van der Waals surface area contributed by atoms with E-state index < -0.39 is 23.5 Å². The van der Waals surface area contributed by atoms with Crippen molar-refractivity contribution in [2.24, 2.45) is 5.73 Å². The lowest BCUT2D eigenvalue weighted by Gasteiger charge is -2.27. The minimum absolute atomic E-state index is 0.00138. The van der Waals surface area contributed by atoms with Gasteiger partial charge in [-0.15, -0.1) is 0 Å². The number of carbonyl (C=O) groups excluding carboxylic acids is 1. The van der Waals surface area contributed by atoms with E-state index in [2.05, 4.69) is 0 Å². The van der Waals surface area contributed by atoms with Gasteiger partial charge in [-0.25, -0.2) is 13.6 Å². The second-order valence-electron chi connectivity index (χ2n) is 7.71. The first-order valence-corrected chi connectivity index (χ1v) is 10.3. The summed E-state index contributed by atoms with van der Waals surface area (Å²) in [6.45, 7) is 0. The molecule has 0 radical (unpaired) electrons. The molecule has 1 aliphatic rings. The van der Waals surface area contributed by atoms with Crippen LogP contribution in [0.3, 0.4) is 0 Å². The maximum Gasteiger partial charge on any atom is 0.344 e. The van der Waals surface area contributed by atoms with Crippen LogP contribution in [0.15, 0.2) is 90.3 Å². The monoisotopic (exact) mass is 454 g/mol. The lowest BCUT2D eigenvalue weighted by molar-refractivity contribution is 0.0736. The number of benzene rings is 4. The van der Waals surface area contributed by atoms with Crippen molar-refractivity contribution < 1.29 is 23.0 Å². The highest BCUT2D eigenvalue weighted by Gasteiger charge is 2.33. The van der Waals surface area contributed by atoms with Crippen molar-refractivity contribution >= 4 is 16.7 Å². The third-order valence-electron chi connectivity index (χ3n) is 5.68. The van der Waals surface area contributed by atoms with Gasteiger partial charge in [-0.3, -0.25) is 0 Å². The van der Waals surface area contributed by atoms with Gasteiger partial charge in [-0.1, -0.05) is 48.5 Å². The Bertz CT molecular complexity index is 1530. The number of nitriles is 1. The Hall–Kier alpha value is -4.70. The fourth-order valence-corrected chi connectivity index (χ4v) is 4.12. The molecule has 4 aromatic carbocycles. The number of carbonyl (C=O) groups is 1. The van der Waals surface area contributed by atoms with E-state index in [-0.39, 0.29) is 28.5 Å². The third-order valence-corrected chi connectivity index (χ3v) is 5.68. The summed E-state index contributed by atoms with van der Waals surface area (Å²) in [7, 11) is 0. The minimum atomic E-state index is -0.905. The second kappa shape index (κ2) is 8.34. The summed E-state index contributed by atoms with van der Waals surface area (Å²) in [6.07, 6.45) is 0. The van der Waals surface area contributed by atoms with Crippen LogP contribution in [-0.4, -0.2) is 5.97 Å². The molecule has 0 amide bonds. The first-order valence-electron chi connectivity index (χ1n) is 10.3. The van der Waals surface area contributed by atoms with Gasteiger partial charge in [0, 0.05) is 23.3 Å². The molecule has 0 fully saturated rings. The predicted molar refractivity (Wildman–Crippen MR) is 121 cm³/mol. The molecule has 0 saturated carbocycles. The Morgan fingerprint density at radius 2 is 1.74 bits per heavy atom. The number of hydrogen-bond donors (Lipinski definition) is 1. The largest absolute Gasteiger partial charge is 0.440 e. The molecular weight excluding hydrogens is 438 g/mol. The quantitative estimate of drug-likeness (QED) is 0.324. The second-order valence-corrected chi connectivity index (χ2v) is 7.71. The van der Waals surface area contributed by atoms with Gasteiger partial charge >= 0.3 is 5.97 Å². The number of rotatable bonds is 3. The number of nitrogens with zero attached hydrogens (tertiary/aromatic N) is 1. The molecule has 0 spiro atoms. The van der Waals surface area contributed by atoms with Crippen LogP contribution in [0.2, 0.25) is 0 Å². The van der Waals surface area contributed by atoms with E-state index in [4.69, 9.17) is 15.2 Å². The maximum atomic E-state index is 14.6. The SMILES string of the molecule is N#CC1=C(N)Oc2cc(OC(=O)c3cccc4ccccc34)ccc2C1c1ccc(F)cc1F. The molecular formula is C27H16F2N2O3. The zero-order valence-electron chi connectivity index (χ0n) is 17.6. The van der Waals surface area contributed by atoms with Gasteiger partial charge in [0.15, 0.2) is 0 Å². The van der Waals surface area contributed by atoms with E-state index in [9.17, 15) is 18.8 Å². The van der Waals surface area contributed by atoms with Crippen LogP contribution >= 0.6 is 0 Å². The molecule has 0 saturated heterocycles. The lowest BCUT2D eigenvalue weighted by Crippen LogP contribution is -2.22. The fourth-order valence-electron chi connectivity index (χ4n) is 4.12. The number of ether oxygens (including phenoxy) is 2. The summed E-state index contributed by atoms with van der Waals surface area (Å²) < 4.78 is 39.2. The number of halogens is 2. The highest BCUT2D eigenvalue weighted by Crippen LogP contribution is 2.44. The molecule has 2 N–H and O–H groups in total. The van der Waals surface area contributed by atoms with Crippen molar-refractivity contribution in [1.29, 1.82) is 5.26 Å². The Labute approximate surface area is 193 Å².